The van der Waals surface area contributed by atoms with Gasteiger partial charge in [0.15, 0.2) is 0 Å². The maximum absolute atomic E-state index is 10.3. The van der Waals surface area contributed by atoms with Crippen molar-refractivity contribution in [3.05, 3.63) is 0 Å². The molecule has 1 N–H and O–H groups in total. The minimum atomic E-state index is -0.691. The summed E-state index contributed by atoms with van der Waals surface area (Å²) in [6, 6.07) is 0. The van der Waals surface area contributed by atoms with E-state index >= 15 is 0 Å². The lowest BCUT2D eigenvalue weighted by molar-refractivity contribution is -0.137. The van der Waals surface area contributed by atoms with Gasteiger partial charge in [0.25, 0.3) is 0 Å². The van der Waals surface area contributed by atoms with Gasteiger partial charge in [0.05, 0.1) is 0 Å². The predicted octanol–water partition coefficient (Wildman–Crippen LogP) is 3.04. The molecule has 0 atom stereocenters. The molecule has 0 amide bonds. The molecular weight excluding hydrogens is 288 g/mol. The van der Waals surface area contributed by atoms with Crippen LogP contribution < -0.4 is 0 Å². The largest absolute Gasteiger partial charge is 0.481 e. The van der Waals surface area contributed by atoms with Gasteiger partial charge in [0.2, 0.25) is 0 Å². The number of carbonyl (C=O) groups is 1. The van der Waals surface area contributed by atoms with E-state index in [0.717, 1.165) is 29.9 Å². The van der Waals surface area contributed by atoms with Gasteiger partial charge in [0.1, 0.15) is 0 Å². The van der Waals surface area contributed by atoms with Gasteiger partial charge in [0, 0.05) is 17.1 Å². The van der Waals surface area contributed by atoms with Crippen molar-refractivity contribution in [1.82, 2.24) is 0 Å². The van der Waals surface area contributed by atoms with Crippen molar-refractivity contribution < 1.29 is 9.90 Å². The van der Waals surface area contributed by atoms with Crippen LogP contribution in [0.3, 0.4) is 0 Å². The molecule has 72 valence electrons. The Kier molecular flexibility index (Phi) is 8.34. The summed E-state index contributed by atoms with van der Waals surface area (Å²) in [4.78, 5) is 10.3. The molecule has 0 fully saturated rings. The monoisotopic (exact) mass is 300 g/mol. The first kappa shape index (κ1) is 12.4. The summed E-state index contributed by atoms with van der Waals surface area (Å²) >= 11 is 6.73. The molecular formula is C8H14Br2O2. The first-order valence-electron chi connectivity index (χ1n) is 4.04. The number of alkyl halides is 2. The van der Waals surface area contributed by atoms with E-state index in [1.54, 1.807) is 0 Å². The maximum atomic E-state index is 10.3. The highest BCUT2D eigenvalue weighted by molar-refractivity contribution is 9.09. The number of carboxylic acid groups (broad SMARTS) is 1. The standard InChI is InChI=1S/C8H14Br2O2/c9-5-3-7(4-6-10)1-2-8(11)12/h7H,1-6H2,(H,11,12). The number of rotatable bonds is 7. The van der Waals surface area contributed by atoms with Crippen LogP contribution in [-0.2, 0) is 4.79 Å². The molecule has 0 aliphatic rings. The zero-order valence-corrected chi connectivity index (χ0v) is 10.1. The maximum Gasteiger partial charge on any atom is 0.303 e. The van der Waals surface area contributed by atoms with Gasteiger partial charge in [-0.05, 0) is 25.2 Å². The molecule has 2 nitrogen and oxygen atoms in total. The van der Waals surface area contributed by atoms with Gasteiger partial charge in [-0.25, -0.2) is 0 Å². The van der Waals surface area contributed by atoms with E-state index in [-0.39, 0.29) is 0 Å². The van der Waals surface area contributed by atoms with E-state index in [9.17, 15) is 4.79 Å². The second kappa shape index (κ2) is 8.05. The molecule has 0 aliphatic heterocycles. The molecule has 0 saturated carbocycles. The number of halogens is 2. The van der Waals surface area contributed by atoms with Crippen LogP contribution in [0.15, 0.2) is 0 Å². The summed E-state index contributed by atoms with van der Waals surface area (Å²) in [5.41, 5.74) is 0. The van der Waals surface area contributed by atoms with Crippen molar-refractivity contribution in [2.24, 2.45) is 5.92 Å². The van der Waals surface area contributed by atoms with E-state index in [1.165, 1.54) is 0 Å². The summed E-state index contributed by atoms with van der Waals surface area (Å²) in [6.45, 7) is 0. The number of carboxylic acids is 1. The van der Waals surface area contributed by atoms with Gasteiger partial charge in [-0.1, -0.05) is 31.9 Å². The first-order valence-corrected chi connectivity index (χ1v) is 6.28. The van der Waals surface area contributed by atoms with Crippen molar-refractivity contribution in [2.45, 2.75) is 25.7 Å². The molecule has 0 radical (unpaired) electrons. The highest BCUT2D eigenvalue weighted by atomic mass is 79.9. The summed E-state index contributed by atoms with van der Waals surface area (Å²) in [5, 5.41) is 10.4. The molecule has 12 heavy (non-hydrogen) atoms. The fourth-order valence-corrected chi connectivity index (χ4v) is 2.36. The van der Waals surface area contributed by atoms with Crippen LogP contribution in [0.5, 0.6) is 0 Å². The number of hydrogen-bond donors (Lipinski definition) is 1. The SMILES string of the molecule is O=C(O)CCC(CCBr)CCBr. The Hall–Kier alpha value is 0.430. The summed E-state index contributed by atoms with van der Waals surface area (Å²) in [7, 11) is 0. The van der Waals surface area contributed by atoms with Crippen molar-refractivity contribution in [3.63, 3.8) is 0 Å². The minimum Gasteiger partial charge on any atom is -0.481 e. The molecule has 0 aromatic rings. The lowest BCUT2D eigenvalue weighted by Gasteiger charge is -2.11. The topological polar surface area (TPSA) is 37.3 Å². The Labute approximate surface area is 90.0 Å². The molecule has 0 heterocycles. The zero-order chi connectivity index (χ0) is 9.40. The molecule has 0 aliphatic carbocycles. The van der Waals surface area contributed by atoms with Crippen LogP contribution in [0.2, 0.25) is 0 Å². The van der Waals surface area contributed by atoms with E-state index in [1.807, 2.05) is 0 Å². The quantitative estimate of drug-likeness (QED) is 0.734. The third-order valence-corrected chi connectivity index (χ3v) is 2.72. The minimum absolute atomic E-state index is 0.296. The summed E-state index contributed by atoms with van der Waals surface area (Å²) in [5.74, 6) is -0.149. The highest BCUT2D eigenvalue weighted by Crippen LogP contribution is 2.17. The van der Waals surface area contributed by atoms with Gasteiger partial charge in [-0.2, -0.15) is 0 Å². The van der Waals surface area contributed by atoms with E-state index < -0.39 is 5.97 Å². The molecule has 0 bridgehead atoms. The lowest BCUT2D eigenvalue weighted by Crippen LogP contribution is -2.05. The van der Waals surface area contributed by atoms with Gasteiger partial charge >= 0.3 is 5.97 Å². The van der Waals surface area contributed by atoms with Gasteiger partial charge in [-0.3, -0.25) is 4.79 Å². The van der Waals surface area contributed by atoms with Crippen molar-refractivity contribution >= 4 is 37.8 Å². The smallest absolute Gasteiger partial charge is 0.303 e. The Morgan fingerprint density at radius 3 is 2.00 bits per heavy atom. The lowest BCUT2D eigenvalue weighted by atomic mass is 9.98. The van der Waals surface area contributed by atoms with Crippen LogP contribution in [0.4, 0.5) is 0 Å². The number of hydrogen-bond acceptors (Lipinski definition) is 1. The molecule has 0 aromatic carbocycles. The molecule has 0 rings (SSSR count). The van der Waals surface area contributed by atoms with E-state index in [4.69, 9.17) is 5.11 Å². The van der Waals surface area contributed by atoms with Crippen molar-refractivity contribution in [1.29, 1.82) is 0 Å². The zero-order valence-electron chi connectivity index (χ0n) is 6.93. The second-order valence-electron chi connectivity index (χ2n) is 2.75. The third kappa shape index (κ3) is 7.10. The molecule has 0 unspecified atom stereocenters. The molecule has 4 heteroatoms. The summed E-state index contributed by atoms with van der Waals surface area (Å²) < 4.78 is 0. The van der Waals surface area contributed by atoms with Gasteiger partial charge in [-0.15, -0.1) is 0 Å². The normalized spacial score (nSPS) is 10.6. The van der Waals surface area contributed by atoms with Crippen LogP contribution in [0.25, 0.3) is 0 Å². The second-order valence-corrected chi connectivity index (χ2v) is 4.34. The van der Waals surface area contributed by atoms with Crippen molar-refractivity contribution in [2.75, 3.05) is 10.7 Å². The Balaban J connectivity index is 3.54. The Morgan fingerprint density at radius 2 is 1.67 bits per heavy atom. The fraction of sp³-hybridized carbons (Fsp3) is 0.875. The van der Waals surface area contributed by atoms with Gasteiger partial charge < -0.3 is 5.11 Å². The highest BCUT2D eigenvalue weighted by Gasteiger charge is 2.09. The van der Waals surface area contributed by atoms with Crippen LogP contribution >= 0.6 is 31.9 Å². The summed E-state index contributed by atoms with van der Waals surface area (Å²) in [6.07, 6.45) is 3.23. The predicted molar refractivity (Wildman–Crippen MR) is 57.2 cm³/mol. The van der Waals surface area contributed by atoms with E-state index in [0.29, 0.717) is 12.3 Å². The fourth-order valence-electron chi connectivity index (χ4n) is 1.07. The average Bonchev–Trinajstić information content (AvgIpc) is 2.01. The van der Waals surface area contributed by atoms with Crippen LogP contribution in [0, 0.1) is 5.92 Å². The first-order chi connectivity index (χ1) is 5.70. The molecule has 0 saturated heterocycles. The third-order valence-electron chi connectivity index (χ3n) is 1.80. The van der Waals surface area contributed by atoms with Crippen LogP contribution in [-0.4, -0.2) is 21.7 Å². The molecule has 0 spiro atoms. The number of aliphatic carboxylic acids is 1. The van der Waals surface area contributed by atoms with Crippen molar-refractivity contribution in [3.8, 4) is 0 Å². The Morgan fingerprint density at radius 1 is 1.17 bits per heavy atom. The van der Waals surface area contributed by atoms with E-state index in [2.05, 4.69) is 31.9 Å². The Bertz CT molecular complexity index is 122. The average molecular weight is 302 g/mol. The molecule has 0 aromatic heterocycles. The van der Waals surface area contributed by atoms with Crippen LogP contribution in [0.1, 0.15) is 25.7 Å².